The van der Waals surface area contributed by atoms with Crippen molar-refractivity contribution in [2.45, 2.75) is 5.92 Å². The van der Waals surface area contributed by atoms with Gasteiger partial charge in [0.25, 0.3) is 0 Å². The quantitative estimate of drug-likeness (QED) is 0.658. The zero-order chi connectivity index (χ0) is 18.0. The van der Waals surface area contributed by atoms with Crippen molar-refractivity contribution in [3.05, 3.63) is 77.5 Å². The molecule has 0 atom stereocenters. The second-order valence-corrected chi connectivity index (χ2v) is 5.42. The van der Waals surface area contributed by atoms with Crippen LogP contribution >= 0.6 is 0 Å². The van der Waals surface area contributed by atoms with Gasteiger partial charge in [0.05, 0.1) is 11.2 Å². The van der Waals surface area contributed by atoms with Crippen LogP contribution in [0.25, 0.3) is 10.9 Å². The van der Waals surface area contributed by atoms with E-state index < -0.39 is 12.1 Å². The Kier molecular flexibility index (Phi) is 4.26. The van der Waals surface area contributed by atoms with E-state index >= 15 is 0 Å². The molecule has 1 aliphatic carbocycles. The van der Waals surface area contributed by atoms with Crippen LogP contribution in [0, 0.1) is 0 Å². The van der Waals surface area contributed by atoms with E-state index in [1.807, 2.05) is 30.3 Å². The number of aromatic nitrogens is 1. The first-order valence-electron chi connectivity index (χ1n) is 7.44. The molecule has 0 spiro atoms. The van der Waals surface area contributed by atoms with Crippen LogP contribution in [-0.2, 0) is 0 Å². The van der Waals surface area contributed by atoms with Crippen LogP contribution in [-0.4, -0.2) is 32.9 Å². The molecular formula is C19H13NO5. The Morgan fingerprint density at radius 2 is 1.32 bits per heavy atom. The Bertz CT molecular complexity index is 957. The molecule has 2 aromatic carbocycles. The SMILES string of the molecule is O=C(O)O.O=C1c2ccccc2C(=O)C1c1ccc2ccccc2n1. The second-order valence-electron chi connectivity index (χ2n) is 5.42. The summed E-state index contributed by atoms with van der Waals surface area (Å²) in [5, 5.41) is 14.9. The minimum atomic E-state index is -1.83. The molecule has 0 fully saturated rings. The summed E-state index contributed by atoms with van der Waals surface area (Å²) < 4.78 is 0. The van der Waals surface area contributed by atoms with E-state index in [1.165, 1.54) is 0 Å². The lowest BCUT2D eigenvalue weighted by Crippen LogP contribution is -2.14. The number of carbonyl (C=O) groups is 3. The van der Waals surface area contributed by atoms with Gasteiger partial charge in [-0.15, -0.1) is 0 Å². The number of carbonyl (C=O) groups excluding carboxylic acids is 2. The van der Waals surface area contributed by atoms with Crippen LogP contribution in [0.5, 0.6) is 0 Å². The van der Waals surface area contributed by atoms with Crippen molar-refractivity contribution in [1.82, 2.24) is 4.98 Å². The molecule has 25 heavy (non-hydrogen) atoms. The predicted molar refractivity (Wildman–Crippen MR) is 90.2 cm³/mol. The van der Waals surface area contributed by atoms with Gasteiger partial charge in [0, 0.05) is 16.5 Å². The number of benzene rings is 2. The third-order valence-corrected chi connectivity index (χ3v) is 3.90. The van der Waals surface area contributed by atoms with Crippen molar-refractivity contribution in [3.8, 4) is 0 Å². The standard InChI is InChI=1S/C18H11NO2.CH2O3/c20-17-12-6-2-3-7-13(12)18(21)16(17)15-10-9-11-5-1-4-8-14(11)19-15;2-1(3)4/h1-10,16H;(H2,2,3,4). The summed E-state index contributed by atoms with van der Waals surface area (Å²) in [7, 11) is 0. The van der Waals surface area contributed by atoms with Crippen molar-refractivity contribution < 1.29 is 24.6 Å². The minimum Gasteiger partial charge on any atom is -0.450 e. The summed E-state index contributed by atoms with van der Waals surface area (Å²) in [6.45, 7) is 0. The lowest BCUT2D eigenvalue weighted by Gasteiger charge is -2.07. The number of carboxylic acid groups (broad SMARTS) is 2. The van der Waals surface area contributed by atoms with Crippen molar-refractivity contribution >= 4 is 28.6 Å². The monoisotopic (exact) mass is 335 g/mol. The second kappa shape index (κ2) is 6.52. The molecule has 4 rings (SSSR count). The molecule has 124 valence electrons. The number of hydrogen-bond acceptors (Lipinski definition) is 4. The van der Waals surface area contributed by atoms with E-state index in [9.17, 15) is 9.59 Å². The Morgan fingerprint density at radius 3 is 1.92 bits per heavy atom. The van der Waals surface area contributed by atoms with Gasteiger partial charge in [-0.1, -0.05) is 48.5 Å². The highest BCUT2D eigenvalue weighted by Gasteiger charge is 2.40. The normalized spacial score (nSPS) is 13.3. The van der Waals surface area contributed by atoms with Crippen LogP contribution in [0.4, 0.5) is 4.79 Å². The number of fused-ring (bicyclic) bond motifs is 2. The molecule has 0 amide bonds. The largest absolute Gasteiger partial charge is 0.503 e. The molecule has 0 bridgehead atoms. The first-order valence-corrected chi connectivity index (χ1v) is 7.44. The predicted octanol–water partition coefficient (Wildman–Crippen LogP) is 3.62. The zero-order valence-electron chi connectivity index (χ0n) is 12.9. The van der Waals surface area contributed by atoms with Gasteiger partial charge in [0.15, 0.2) is 11.6 Å². The van der Waals surface area contributed by atoms with Gasteiger partial charge >= 0.3 is 6.16 Å². The third kappa shape index (κ3) is 3.10. The average molecular weight is 335 g/mol. The molecule has 0 aliphatic heterocycles. The summed E-state index contributed by atoms with van der Waals surface area (Å²) in [5.41, 5.74) is 2.33. The molecule has 2 N–H and O–H groups in total. The molecule has 0 unspecified atom stereocenters. The molecular weight excluding hydrogens is 322 g/mol. The van der Waals surface area contributed by atoms with Gasteiger partial charge < -0.3 is 10.2 Å². The Morgan fingerprint density at radius 1 is 0.800 bits per heavy atom. The molecule has 1 aromatic heterocycles. The Hall–Kier alpha value is -3.54. The Labute approximate surface area is 142 Å². The van der Waals surface area contributed by atoms with Crippen molar-refractivity contribution in [2.24, 2.45) is 0 Å². The molecule has 6 heteroatoms. The molecule has 6 nitrogen and oxygen atoms in total. The molecule has 1 heterocycles. The summed E-state index contributed by atoms with van der Waals surface area (Å²) in [6.07, 6.45) is -1.83. The van der Waals surface area contributed by atoms with Gasteiger partial charge in [-0.3, -0.25) is 14.6 Å². The summed E-state index contributed by atoms with van der Waals surface area (Å²) in [6, 6.07) is 18.3. The minimum absolute atomic E-state index is 0.154. The van der Waals surface area contributed by atoms with Crippen LogP contribution in [0.1, 0.15) is 32.3 Å². The molecule has 0 radical (unpaired) electrons. The lowest BCUT2D eigenvalue weighted by molar-refractivity contribution is 0.0887. The number of pyridine rings is 1. The van der Waals surface area contributed by atoms with E-state index in [1.54, 1.807) is 30.3 Å². The number of Topliss-reactive ketones (excluding diaryl/α,β-unsaturated/α-hetero) is 2. The fourth-order valence-electron chi connectivity index (χ4n) is 2.85. The smallest absolute Gasteiger partial charge is 0.450 e. The van der Waals surface area contributed by atoms with Crippen LogP contribution in [0.2, 0.25) is 0 Å². The summed E-state index contributed by atoms with van der Waals surface area (Å²) in [5.74, 6) is -1.11. The maximum absolute atomic E-state index is 12.5. The first kappa shape index (κ1) is 16.3. The van der Waals surface area contributed by atoms with Gasteiger partial charge in [0.1, 0.15) is 5.92 Å². The zero-order valence-corrected chi connectivity index (χ0v) is 12.9. The summed E-state index contributed by atoms with van der Waals surface area (Å²) >= 11 is 0. The van der Waals surface area contributed by atoms with E-state index in [-0.39, 0.29) is 11.6 Å². The highest BCUT2D eigenvalue weighted by molar-refractivity contribution is 6.29. The van der Waals surface area contributed by atoms with Crippen molar-refractivity contribution in [3.63, 3.8) is 0 Å². The van der Waals surface area contributed by atoms with Gasteiger partial charge in [-0.05, 0) is 12.1 Å². The maximum Gasteiger partial charge on any atom is 0.503 e. The van der Waals surface area contributed by atoms with Crippen molar-refractivity contribution in [2.75, 3.05) is 0 Å². The fourth-order valence-corrected chi connectivity index (χ4v) is 2.85. The number of rotatable bonds is 1. The number of hydrogen-bond donors (Lipinski definition) is 2. The molecule has 3 aromatic rings. The molecule has 0 saturated heterocycles. The first-order chi connectivity index (χ1) is 12.0. The van der Waals surface area contributed by atoms with Crippen LogP contribution < -0.4 is 0 Å². The Balaban J connectivity index is 0.000000415. The van der Waals surface area contributed by atoms with Gasteiger partial charge in [-0.2, -0.15) is 0 Å². The maximum atomic E-state index is 12.5. The molecule has 1 aliphatic rings. The van der Waals surface area contributed by atoms with Crippen LogP contribution in [0.3, 0.4) is 0 Å². The van der Waals surface area contributed by atoms with Crippen molar-refractivity contribution in [1.29, 1.82) is 0 Å². The van der Waals surface area contributed by atoms with E-state index in [4.69, 9.17) is 15.0 Å². The van der Waals surface area contributed by atoms with Crippen LogP contribution in [0.15, 0.2) is 60.7 Å². The van der Waals surface area contributed by atoms with E-state index in [2.05, 4.69) is 4.98 Å². The van der Waals surface area contributed by atoms with E-state index in [0.717, 1.165) is 10.9 Å². The fraction of sp³-hybridized carbons (Fsp3) is 0.0526. The van der Waals surface area contributed by atoms with E-state index in [0.29, 0.717) is 16.8 Å². The number of nitrogens with zero attached hydrogens (tertiary/aromatic N) is 1. The average Bonchev–Trinajstić information content (AvgIpc) is 2.85. The lowest BCUT2D eigenvalue weighted by atomic mass is 9.98. The number of para-hydroxylation sites is 1. The number of ketones is 2. The van der Waals surface area contributed by atoms with Gasteiger partial charge in [-0.25, -0.2) is 4.79 Å². The third-order valence-electron chi connectivity index (χ3n) is 3.90. The van der Waals surface area contributed by atoms with Gasteiger partial charge in [0.2, 0.25) is 0 Å². The summed E-state index contributed by atoms with van der Waals surface area (Å²) in [4.78, 5) is 38.0. The highest BCUT2D eigenvalue weighted by Crippen LogP contribution is 2.33. The topological polar surface area (TPSA) is 105 Å². The molecule has 0 saturated carbocycles. The highest BCUT2D eigenvalue weighted by atomic mass is 16.6.